The molecule has 1 unspecified atom stereocenters. The molecule has 9 heteroatoms. The van der Waals surface area contributed by atoms with E-state index < -0.39 is 5.82 Å². The molecule has 0 saturated carbocycles. The Labute approximate surface area is 208 Å². The second-order valence-electron chi connectivity index (χ2n) is 9.87. The summed E-state index contributed by atoms with van der Waals surface area (Å²) in [5.74, 6) is 1.80. The first-order valence-electron chi connectivity index (χ1n) is 12.3. The van der Waals surface area contributed by atoms with Crippen LogP contribution in [0.15, 0.2) is 30.6 Å². The molecule has 1 atom stereocenters. The maximum absolute atomic E-state index is 15.7. The molecule has 4 aromatic rings. The van der Waals surface area contributed by atoms with Gasteiger partial charge in [-0.2, -0.15) is 0 Å². The molecule has 0 N–H and O–H groups in total. The van der Waals surface area contributed by atoms with Crippen molar-refractivity contribution in [2.24, 2.45) is 5.92 Å². The Hall–Kier alpha value is -3.46. The van der Waals surface area contributed by atoms with Gasteiger partial charge >= 0.3 is 0 Å². The number of rotatable bonds is 5. The lowest BCUT2D eigenvalue weighted by Crippen LogP contribution is -2.46. The Balaban J connectivity index is 1.46. The molecule has 3 saturated heterocycles. The number of nitrogens with zero attached hydrogens (tertiary/aromatic N) is 6. The second kappa shape index (κ2) is 8.89. The number of aromatic nitrogens is 5. The number of piperidine rings is 3. The van der Waals surface area contributed by atoms with Crippen LogP contribution >= 0.6 is 0 Å². The summed E-state index contributed by atoms with van der Waals surface area (Å²) < 4.78 is 37.3. The average Bonchev–Trinajstić information content (AvgIpc) is 3.24. The fourth-order valence-corrected chi connectivity index (χ4v) is 5.86. The quantitative estimate of drug-likeness (QED) is 0.406. The van der Waals surface area contributed by atoms with Crippen LogP contribution in [0, 0.1) is 31.4 Å². The van der Waals surface area contributed by atoms with Crippen LogP contribution in [-0.4, -0.2) is 56.1 Å². The summed E-state index contributed by atoms with van der Waals surface area (Å²) in [5, 5.41) is 0. The first kappa shape index (κ1) is 23.0. The van der Waals surface area contributed by atoms with Crippen molar-refractivity contribution in [3.05, 3.63) is 64.9 Å². The molecule has 3 aliphatic heterocycles. The Kier molecular flexibility index (Phi) is 5.67. The molecular formula is C27H28F2N6O. The number of imidazole rings is 1. The van der Waals surface area contributed by atoms with Crippen LogP contribution in [0.5, 0.6) is 5.75 Å². The van der Waals surface area contributed by atoms with Crippen molar-refractivity contribution in [2.45, 2.75) is 39.2 Å². The van der Waals surface area contributed by atoms with E-state index in [-0.39, 0.29) is 18.3 Å². The molecule has 0 radical (unpaired) electrons. The Bertz CT molecular complexity index is 1460. The summed E-state index contributed by atoms with van der Waals surface area (Å²) in [7, 11) is 1.64. The van der Waals surface area contributed by atoms with E-state index in [1.165, 1.54) is 6.07 Å². The van der Waals surface area contributed by atoms with E-state index in [1.807, 2.05) is 6.92 Å². The first-order valence-corrected chi connectivity index (χ1v) is 12.3. The lowest BCUT2D eigenvalue weighted by molar-refractivity contribution is 0.0858. The van der Waals surface area contributed by atoms with Gasteiger partial charge in [0.25, 0.3) is 0 Å². The lowest BCUT2D eigenvalue weighted by atomic mass is 9.75. The maximum Gasteiger partial charge on any atom is 0.164 e. The van der Waals surface area contributed by atoms with Crippen LogP contribution in [-0.2, 0) is 6.54 Å². The zero-order valence-electron chi connectivity index (χ0n) is 20.6. The molecule has 0 amide bonds. The van der Waals surface area contributed by atoms with Crippen LogP contribution < -0.4 is 4.74 Å². The fourth-order valence-electron chi connectivity index (χ4n) is 5.86. The van der Waals surface area contributed by atoms with Crippen LogP contribution in [0.2, 0.25) is 0 Å². The summed E-state index contributed by atoms with van der Waals surface area (Å²) in [6, 6.07) is 4.81. The molecule has 7 nitrogen and oxygen atoms in total. The van der Waals surface area contributed by atoms with Crippen LogP contribution in [0.4, 0.5) is 8.78 Å². The van der Waals surface area contributed by atoms with Gasteiger partial charge in [-0.1, -0.05) is 0 Å². The molecule has 186 valence electrons. The van der Waals surface area contributed by atoms with Crippen molar-refractivity contribution in [2.75, 3.05) is 26.7 Å². The summed E-state index contributed by atoms with van der Waals surface area (Å²) in [6.07, 6.45) is 4.97. The predicted molar refractivity (Wildman–Crippen MR) is 132 cm³/mol. The highest BCUT2D eigenvalue weighted by Gasteiger charge is 2.36. The van der Waals surface area contributed by atoms with Crippen molar-refractivity contribution in [1.29, 1.82) is 0 Å². The van der Waals surface area contributed by atoms with Gasteiger partial charge in [-0.25, -0.2) is 23.7 Å². The SMILES string of the molecule is COc1cc(Cn2c(-c3cncc(F)c3)nc3c(C)nc(C)nc32)c(F)cc1C1CN2CCC1CC2. The topological polar surface area (TPSA) is 69.0 Å². The second-order valence-corrected chi connectivity index (χ2v) is 9.87. The van der Waals surface area contributed by atoms with Gasteiger partial charge in [0.1, 0.15) is 34.5 Å². The summed E-state index contributed by atoms with van der Waals surface area (Å²) >= 11 is 0. The third-order valence-corrected chi connectivity index (χ3v) is 7.63. The van der Waals surface area contributed by atoms with E-state index in [2.05, 4.69) is 19.9 Å². The molecule has 2 bridgehead atoms. The van der Waals surface area contributed by atoms with Crippen molar-refractivity contribution >= 4 is 11.2 Å². The molecule has 7 rings (SSSR count). The van der Waals surface area contributed by atoms with E-state index in [4.69, 9.17) is 9.72 Å². The van der Waals surface area contributed by atoms with E-state index in [1.54, 1.807) is 36.9 Å². The van der Waals surface area contributed by atoms with Crippen molar-refractivity contribution in [3.8, 4) is 17.1 Å². The first-order chi connectivity index (χ1) is 17.4. The zero-order chi connectivity index (χ0) is 25.0. The lowest BCUT2D eigenvalue weighted by Gasteiger charge is -2.45. The number of fused-ring (bicyclic) bond motifs is 4. The van der Waals surface area contributed by atoms with Gasteiger partial charge in [0.2, 0.25) is 0 Å². The van der Waals surface area contributed by atoms with Crippen LogP contribution in [0.3, 0.4) is 0 Å². The minimum absolute atomic E-state index is 0.154. The molecule has 3 aliphatic rings. The van der Waals surface area contributed by atoms with E-state index in [0.29, 0.717) is 51.3 Å². The Morgan fingerprint density at radius 2 is 1.83 bits per heavy atom. The highest BCUT2D eigenvalue weighted by atomic mass is 19.1. The highest BCUT2D eigenvalue weighted by molar-refractivity contribution is 5.79. The average molecular weight is 491 g/mol. The number of benzene rings is 1. The van der Waals surface area contributed by atoms with Crippen LogP contribution in [0.1, 0.15) is 41.4 Å². The van der Waals surface area contributed by atoms with E-state index in [0.717, 1.165) is 44.2 Å². The number of aryl methyl sites for hydroxylation is 2. The fraction of sp³-hybridized carbons (Fsp3) is 0.407. The predicted octanol–water partition coefficient (Wildman–Crippen LogP) is 4.65. The monoisotopic (exact) mass is 490 g/mol. The highest BCUT2D eigenvalue weighted by Crippen LogP contribution is 2.43. The normalized spacial score (nSPS) is 21.3. The standard InChI is InChI=1S/C27H28F2N6O/c1-15-25-27(32-16(2)31-15)35(26(33-25)18-8-20(28)12-30-11-18)13-19-9-24(36-3)21(10-23(19)29)22-14-34-6-4-17(22)5-7-34/h8-12,17,22H,4-7,13-14H2,1-3H3. The molecular weight excluding hydrogens is 462 g/mol. The molecule has 0 aliphatic carbocycles. The van der Waals surface area contributed by atoms with Crippen LogP contribution in [0.25, 0.3) is 22.6 Å². The van der Waals surface area contributed by atoms with Gasteiger partial charge in [-0.15, -0.1) is 0 Å². The number of halogens is 2. The summed E-state index contributed by atoms with van der Waals surface area (Å²) in [6.45, 7) is 7.00. The van der Waals surface area contributed by atoms with Gasteiger partial charge in [0.15, 0.2) is 5.65 Å². The summed E-state index contributed by atoms with van der Waals surface area (Å²) in [4.78, 5) is 20.2. The molecule has 0 spiro atoms. The smallest absolute Gasteiger partial charge is 0.164 e. The van der Waals surface area contributed by atoms with E-state index >= 15 is 4.39 Å². The summed E-state index contributed by atoms with van der Waals surface area (Å²) in [5.41, 5.74) is 3.75. The molecule has 1 aromatic carbocycles. The van der Waals surface area contributed by atoms with Gasteiger partial charge in [0.05, 0.1) is 25.5 Å². The molecule has 3 fully saturated rings. The number of hydrogen-bond acceptors (Lipinski definition) is 6. The third kappa shape index (κ3) is 3.91. The minimum Gasteiger partial charge on any atom is -0.496 e. The largest absolute Gasteiger partial charge is 0.496 e. The van der Waals surface area contributed by atoms with Gasteiger partial charge < -0.3 is 14.2 Å². The van der Waals surface area contributed by atoms with Gasteiger partial charge in [-0.3, -0.25) is 4.98 Å². The van der Waals surface area contributed by atoms with E-state index in [9.17, 15) is 4.39 Å². The van der Waals surface area contributed by atoms with Gasteiger partial charge in [0, 0.05) is 35.3 Å². The molecule has 6 heterocycles. The maximum atomic E-state index is 15.7. The molecule has 36 heavy (non-hydrogen) atoms. The minimum atomic E-state index is -0.472. The number of hydrogen-bond donors (Lipinski definition) is 0. The Morgan fingerprint density at radius 3 is 2.53 bits per heavy atom. The Morgan fingerprint density at radius 1 is 1.03 bits per heavy atom. The number of methoxy groups -OCH3 is 1. The number of pyridine rings is 1. The van der Waals surface area contributed by atoms with Crippen molar-refractivity contribution in [1.82, 2.24) is 29.4 Å². The molecule has 3 aromatic heterocycles. The zero-order valence-corrected chi connectivity index (χ0v) is 20.6. The van der Waals surface area contributed by atoms with Crippen molar-refractivity contribution < 1.29 is 13.5 Å². The number of ether oxygens (including phenoxy) is 1. The third-order valence-electron chi connectivity index (χ3n) is 7.63. The van der Waals surface area contributed by atoms with Gasteiger partial charge in [-0.05, 0) is 63.9 Å². The van der Waals surface area contributed by atoms with Crippen molar-refractivity contribution in [3.63, 3.8) is 0 Å².